The van der Waals surface area contributed by atoms with Crippen LogP contribution in [0, 0.1) is 0 Å². The number of amides is 2. The highest BCUT2D eigenvalue weighted by Gasteiger charge is 2.24. The van der Waals surface area contributed by atoms with Crippen molar-refractivity contribution in [1.82, 2.24) is 10.2 Å². The van der Waals surface area contributed by atoms with Gasteiger partial charge in [-0.2, -0.15) is 0 Å². The second-order valence-electron chi connectivity index (χ2n) is 7.98. The molecule has 4 rings (SSSR count). The number of anilines is 2. The number of benzene rings is 2. The Morgan fingerprint density at radius 3 is 2.62 bits per heavy atom. The molecule has 2 amide bonds. The van der Waals surface area contributed by atoms with Crippen LogP contribution in [0.25, 0.3) is 0 Å². The molecule has 0 bridgehead atoms. The van der Waals surface area contributed by atoms with Crippen molar-refractivity contribution in [2.75, 3.05) is 43.0 Å². The normalized spacial score (nSPS) is 22.4. The molecule has 6 heteroatoms. The first kappa shape index (κ1) is 19.7. The van der Waals surface area contributed by atoms with Gasteiger partial charge in [0.05, 0.1) is 12.7 Å². The Morgan fingerprint density at radius 1 is 1.07 bits per heavy atom. The topological polar surface area (TPSA) is 56.8 Å². The summed E-state index contributed by atoms with van der Waals surface area (Å²) in [6, 6.07) is 18.6. The van der Waals surface area contributed by atoms with Crippen molar-refractivity contribution >= 4 is 17.4 Å². The molecule has 2 unspecified atom stereocenters. The molecule has 2 aromatic rings. The summed E-state index contributed by atoms with van der Waals surface area (Å²) >= 11 is 0. The fourth-order valence-corrected chi connectivity index (χ4v) is 4.10. The number of rotatable bonds is 5. The smallest absolute Gasteiger partial charge is 0.319 e. The van der Waals surface area contributed by atoms with E-state index in [1.165, 1.54) is 11.3 Å². The van der Waals surface area contributed by atoms with Crippen molar-refractivity contribution in [2.24, 2.45) is 0 Å². The third kappa shape index (κ3) is 5.49. The number of carbonyl (C=O) groups excluding carboxylic acids is 1. The Balaban J connectivity index is 1.23. The molecule has 0 radical (unpaired) electrons. The maximum Gasteiger partial charge on any atom is 0.319 e. The van der Waals surface area contributed by atoms with E-state index in [9.17, 15) is 4.79 Å². The second kappa shape index (κ2) is 9.29. The maximum atomic E-state index is 12.4. The Kier molecular flexibility index (Phi) is 6.32. The summed E-state index contributed by atoms with van der Waals surface area (Å²) in [6.45, 7) is 7.47. The Labute approximate surface area is 172 Å². The summed E-state index contributed by atoms with van der Waals surface area (Å²) < 4.78 is 5.60. The average molecular weight is 395 g/mol. The van der Waals surface area contributed by atoms with E-state index >= 15 is 0 Å². The molecule has 2 aliphatic heterocycles. The van der Waals surface area contributed by atoms with Gasteiger partial charge in [0.15, 0.2) is 0 Å². The van der Waals surface area contributed by atoms with E-state index in [4.69, 9.17) is 4.74 Å². The lowest BCUT2D eigenvalue weighted by molar-refractivity contribution is 0.0532. The molecule has 0 saturated carbocycles. The Bertz CT molecular complexity index is 796. The Morgan fingerprint density at radius 2 is 1.86 bits per heavy atom. The lowest BCUT2D eigenvalue weighted by Gasteiger charge is -2.33. The van der Waals surface area contributed by atoms with Crippen LogP contribution in [0.2, 0.25) is 0 Å². The standard InChI is InChI=1S/C23H30N4O2/c1-18-15-27(13-14-29-18)22-9-7-20(8-10-22)24-23(28)25-21-11-12-26(17-21)16-19-5-3-2-4-6-19/h2-10,18,21H,11-17H2,1H3,(H2,24,25,28). The summed E-state index contributed by atoms with van der Waals surface area (Å²) in [5.41, 5.74) is 3.29. The van der Waals surface area contributed by atoms with Crippen molar-refractivity contribution in [3.63, 3.8) is 0 Å². The van der Waals surface area contributed by atoms with Crippen LogP contribution in [-0.4, -0.2) is 55.9 Å². The quantitative estimate of drug-likeness (QED) is 0.817. The van der Waals surface area contributed by atoms with Gasteiger partial charge in [0.1, 0.15) is 0 Å². The van der Waals surface area contributed by atoms with Gasteiger partial charge >= 0.3 is 6.03 Å². The highest BCUT2D eigenvalue weighted by atomic mass is 16.5. The monoisotopic (exact) mass is 394 g/mol. The second-order valence-corrected chi connectivity index (χ2v) is 7.98. The minimum Gasteiger partial charge on any atom is -0.375 e. The molecule has 2 aromatic carbocycles. The van der Waals surface area contributed by atoms with Crippen molar-refractivity contribution in [3.8, 4) is 0 Å². The molecule has 154 valence electrons. The van der Waals surface area contributed by atoms with Crippen LogP contribution in [0.15, 0.2) is 54.6 Å². The summed E-state index contributed by atoms with van der Waals surface area (Å²) in [5, 5.41) is 6.07. The number of likely N-dealkylation sites (tertiary alicyclic amines) is 1. The van der Waals surface area contributed by atoms with Crippen LogP contribution in [0.1, 0.15) is 18.9 Å². The van der Waals surface area contributed by atoms with Crippen LogP contribution in [0.3, 0.4) is 0 Å². The highest BCUT2D eigenvalue weighted by molar-refractivity contribution is 5.89. The first-order valence-electron chi connectivity index (χ1n) is 10.5. The predicted octanol–water partition coefficient (Wildman–Crippen LogP) is 3.31. The number of nitrogens with one attached hydrogen (secondary N) is 2. The summed E-state index contributed by atoms with van der Waals surface area (Å²) in [5.74, 6) is 0. The van der Waals surface area contributed by atoms with Crippen molar-refractivity contribution in [3.05, 3.63) is 60.2 Å². The maximum absolute atomic E-state index is 12.4. The minimum absolute atomic E-state index is 0.135. The van der Waals surface area contributed by atoms with Crippen LogP contribution in [0.4, 0.5) is 16.2 Å². The van der Waals surface area contributed by atoms with Gasteiger partial charge in [0.25, 0.3) is 0 Å². The molecule has 2 N–H and O–H groups in total. The van der Waals surface area contributed by atoms with Crippen molar-refractivity contribution < 1.29 is 9.53 Å². The minimum atomic E-state index is -0.135. The van der Waals surface area contributed by atoms with Gasteiger partial charge in [-0.15, -0.1) is 0 Å². The lowest BCUT2D eigenvalue weighted by atomic mass is 10.2. The zero-order chi connectivity index (χ0) is 20.1. The summed E-state index contributed by atoms with van der Waals surface area (Å²) in [7, 11) is 0. The van der Waals surface area contributed by atoms with Crippen molar-refractivity contribution in [1.29, 1.82) is 0 Å². The van der Waals surface area contributed by atoms with Gasteiger partial charge < -0.3 is 20.3 Å². The van der Waals surface area contributed by atoms with Gasteiger partial charge in [0.2, 0.25) is 0 Å². The zero-order valence-electron chi connectivity index (χ0n) is 17.0. The summed E-state index contributed by atoms with van der Waals surface area (Å²) in [6.07, 6.45) is 1.23. The fourth-order valence-electron chi connectivity index (χ4n) is 4.10. The average Bonchev–Trinajstić information content (AvgIpc) is 3.16. The third-order valence-corrected chi connectivity index (χ3v) is 5.59. The van der Waals surface area contributed by atoms with Gasteiger partial charge in [-0.25, -0.2) is 4.79 Å². The SMILES string of the molecule is CC1CN(c2ccc(NC(=O)NC3CCN(Cc4ccccc4)C3)cc2)CCO1. The zero-order valence-corrected chi connectivity index (χ0v) is 17.0. The molecule has 0 aliphatic carbocycles. The molecule has 2 atom stereocenters. The highest BCUT2D eigenvalue weighted by Crippen LogP contribution is 2.20. The first-order valence-corrected chi connectivity index (χ1v) is 10.5. The molecular formula is C23H30N4O2. The van der Waals surface area contributed by atoms with E-state index in [0.29, 0.717) is 0 Å². The van der Waals surface area contributed by atoms with Gasteiger partial charge in [-0.1, -0.05) is 30.3 Å². The third-order valence-electron chi connectivity index (χ3n) is 5.59. The Hall–Kier alpha value is -2.57. The molecule has 2 fully saturated rings. The molecule has 2 aliphatic rings. The van der Waals surface area contributed by atoms with Gasteiger partial charge in [-0.05, 0) is 43.2 Å². The molecule has 2 heterocycles. The number of carbonyl (C=O) groups is 1. The molecule has 2 saturated heterocycles. The fraction of sp³-hybridized carbons (Fsp3) is 0.435. The van der Waals surface area contributed by atoms with E-state index in [-0.39, 0.29) is 18.2 Å². The van der Waals surface area contributed by atoms with Gasteiger partial charge in [-0.3, -0.25) is 4.90 Å². The van der Waals surface area contributed by atoms with E-state index in [1.54, 1.807) is 0 Å². The number of ether oxygens (including phenoxy) is 1. The van der Waals surface area contributed by atoms with Gasteiger partial charge in [0, 0.05) is 50.1 Å². The van der Waals surface area contributed by atoms with Crippen LogP contribution in [-0.2, 0) is 11.3 Å². The molecular weight excluding hydrogens is 364 g/mol. The number of nitrogens with zero attached hydrogens (tertiary/aromatic N) is 2. The predicted molar refractivity (Wildman–Crippen MR) is 116 cm³/mol. The van der Waals surface area contributed by atoms with Crippen LogP contribution < -0.4 is 15.5 Å². The van der Waals surface area contributed by atoms with E-state index in [2.05, 4.69) is 63.8 Å². The molecule has 0 spiro atoms. The van der Waals surface area contributed by atoms with Crippen LogP contribution >= 0.6 is 0 Å². The van der Waals surface area contributed by atoms with Crippen LogP contribution in [0.5, 0.6) is 0 Å². The van der Waals surface area contributed by atoms with E-state index in [0.717, 1.165) is 51.4 Å². The number of hydrogen-bond acceptors (Lipinski definition) is 4. The summed E-state index contributed by atoms with van der Waals surface area (Å²) in [4.78, 5) is 17.1. The largest absolute Gasteiger partial charge is 0.375 e. The first-order chi connectivity index (χ1) is 14.2. The molecule has 6 nitrogen and oxygen atoms in total. The number of hydrogen-bond donors (Lipinski definition) is 2. The number of morpholine rings is 1. The molecule has 29 heavy (non-hydrogen) atoms. The van der Waals surface area contributed by atoms with Crippen molar-refractivity contribution in [2.45, 2.75) is 32.0 Å². The van der Waals surface area contributed by atoms with E-state index < -0.39 is 0 Å². The number of urea groups is 1. The van der Waals surface area contributed by atoms with E-state index in [1.807, 2.05) is 18.2 Å². The lowest BCUT2D eigenvalue weighted by Crippen LogP contribution is -2.41. The molecule has 0 aromatic heterocycles.